The van der Waals surface area contributed by atoms with Crippen molar-refractivity contribution in [2.75, 3.05) is 39.5 Å². The molecule has 5 rings (SSSR count). The van der Waals surface area contributed by atoms with Crippen molar-refractivity contribution in [2.24, 2.45) is 0 Å². The van der Waals surface area contributed by atoms with Crippen LogP contribution in [0.3, 0.4) is 0 Å². The quantitative estimate of drug-likeness (QED) is 0.323. The number of piperidine rings is 1. The number of nitrogens with one attached hydrogen (secondary N) is 1. The number of benzene rings is 1. The zero-order valence-corrected chi connectivity index (χ0v) is 25.1. The fourth-order valence-corrected chi connectivity index (χ4v) is 9.11. The maximum Gasteiger partial charge on any atom is 0.244 e. The highest BCUT2D eigenvalue weighted by Gasteiger charge is 2.54. The fourth-order valence-electron chi connectivity index (χ4n) is 5.33. The Morgan fingerprint density at radius 1 is 1.12 bits per heavy atom. The zero-order valence-electron chi connectivity index (χ0n) is 21.9. The SMILES string of the molecule is O=S(=O)(c1cncc(Br)c1)N1CCC2(CC1)C[C@H](NC[C@H](O)COc1cccc(S(=O)(=O)C3(CO)CC3)c1)CO2. The van der Waals surface area contributed by atoms with Crippen LogP contribution in [0.1, 0.15) is 32.1 Å². The molecule has 220 valence electrons. The number of aromatic nitrogens is 1. The Hall–Kier alpha value is -1.65. The Kier molecular flexibility index (Phi) is 8.62. The first-order valence-electron chi connectivity index (χ1n) is 13.2. The van der Waals surface area contributed by atoms with Crippen molar-refractivity contribution >= 4 is 35.8 Å². The van der Waals surface area contributed by atoms with Crippen LogP contribution in [0.5, 0.6) is 5.75 Å². The molecule has 0 radical (unpaired) electrons. The lowest BCUT2D eigenvalue weighted by Gasteiger charge is -2.38. The molecule has 3 fully saturated rings. The smallest absolute Gasteiger partial charge is 0.244 e. The number of aliphatic hydroxyl groups excluding tert-OH is 2. The lowest BCUT2D eigenvalue weighted by Crippen LogP contribution is -2.47. The average molecular weight is 661 g/mol. The van der Waals surface area contributed by atoms with E-state index in [0.29, 0.717) is 62.0 Å². The van der Waals surface area contributed by atoms with Crippen LogP contribution >= 0.6 is 15.9 Å². The highest BCUT2D eigenvalue weighted by molar-refractivity contribution is 9.10. The molecule has 40 heavy (non-hydrogen) atoms. The molecule has 14 heteroatoms. The van der Waals surface area contributed by atoms with Crippen molar-refractivity contribution in [3.05, 3.63) is 47.2 Å². The molecular weight excluding hydrogens is 626 g/mol. The molecular formula is C26H34BrN3O8S2. The first kappa shape index (κ1) is 29.8. The lowest BCUT2D eigenvalue weighted by atomic mass is 9.88. The van der Waals surface area contributed by atoms with E-state index in [9.17, 15) is 27.0 Å². The number of ether oxygens (including phenoxy) is 2. The normalized spacial score (nSPS) is 23.2. The average Bonchev–Trinajstić information content (AvgIpc) is 3.67. The summed E-state index contributed by atoms with van der Waals surface area (Å²) in [5.41, 5.74) is -0.403. The number of pyridine rings is 1. The topological polar surface area (TPSA) is 155 Å². The van der Waals surface area contributed by atoms with Gasteiger partial charge in [0.15, 0.2) is 9.84 Å². The zero-order chi connectivity index (χ0) is 28.6. The number of nitrogens with zero attached hydrogens (tertiary/aromatic N) is 2. The third-order valence-corrected chi connectivity index (χ3v) is 12.9. The second-order valence-corrected chi connectivity index (χ2v) is 16.0. The van der Waals surface area contributed by atoms with Gasteiger partial charge in [-0.25, -0.2) is 16.8 Å². The Morgan fingerprint density at radius 2 is 1.88 bits per heavy atom. The minimum Gasteiger partial charge on any atom is -0.491 e. The minimum absolute atomic E-state index is 0.00812. The largest absolute Gasteiger partial charge is 0.491 e. The molecule has 1 aromatic carbocycles. The van der Waals surface area contributed by atoms with Gasteiger partial charge in [0.1, 0.15) is 23.4 Å². The Morgan fingerprint density at radius 3 is 2.55 bits per heavy atom. The summed E-state index contributed by atoms with van der Waals surface area (Å²) >= 11 is 3.27. The van der Waals surface area contributed by atoms with Crippen molar-refractivity contribution in [2.45, 2.75) is 64.4 Å². The summed E-state index contributed by atoms with van der Waals surface area (Å²) in [6, 6.07) is 7.69. The van der Waals surface area contributed by atoms with Gasteiger partial charge < -0.3 is 25.0 Å². The van der Waals surface area contributed by atoms with Crippen LogP contribution in [-0.4, -0.2) is 98.3 Å². The van der Waals surface area contributed by atoms with Crippen LogP contribution in [0, 0.1) is 0 Å². The molecule has 3 N–H and O–H groups in total. The van der Waals surface area contributed by atoms with E-state index in [2.05, 4.69) is 26.2 Å². The number of rotatable bonds is 11. The van der Waals surface area contributed by atoms with E-state index in [0.717, 1.165) is 0 Å². The van der Waals surface area contributed by atoms with E-state index in [-0.39, 0.29) is 29.0 Å². The molecule has 2 aliphatic heterocycles. The minimum atomic E-state index is -3.66. The summed E-state index contributed by atoms with van der Waals surface area (Å²) in [7, 11) is -7.29. The van der Waals surface area contributed by atoms with Gasteiger partial charge in [-0.3, -0.25) is 4.98 Å². The van der Waals surface area contributed by atoms with Gasteiger partial charge in [0.05, 0.1) is 28.5 Å². The van der Waals surface area contributed by atoms with Gasteiger partial charge in [0, 0.05) is 42.5 Å². The molecule has 2 aromatic rings. The predicted molar refractivity (Wildman–Crippen MR) is 149 cm³/mol. The predicted octanol–water partition coefficient (Wildman–Crippen LogP) is 1.48. The van der Waals surface area contributed by atoms with Crippen molar-refractivity contribution in [3.8, 4) is 5.75 Å². The molecule has 11 nitrogen and oxygen atoms in total. The summed E-state index contributed by atoms with van der Waals surface area (Å²) in [4.78, 5) is 4.23. The number of hydrogen-bond acceptors (Lipinski definition) is 10. The van der Waals surface area contributed by atoms with Gasteiger partial charge in [0.25, 0.3) is 0 Å². The van der Waals surface area contributed by atoms with Crippen LogP contribution in [0.2, 0.25) is 0 Å². The molecule has 1 aliphatic carbocycles. The van der Waals surface area contributed by atoms with Crippen LogP contribution in [0.15, 0.2) is 57.0 Å². The second kappa shape index (κ2) is 11.6. The summed E-state index contributed by atoms with van der Waals surface area (Å²) in [6.07, 6.45) is 4.80. The van der Waals surface area contributed by atoms with Gasteiger partial charge in [-0.15, -0.1) is 0 Å². The van der Waals surface area contributed by atoms with E-state index in [1.54, 1.807) is 24.4 Å². The molecule has 0 bridgehead atoms. The Labute approximate surface area is 243 Å². The molecule has 2 saturated heterocycles. The van der Waals surface area contributed by atoms with Crippen molar-refractivity contribution in [1.82, 2.24) is 14.6 Å². The molecule has 1 saturated carbocycles. The first-order valence-corrected chi connectivity index (χ1v) is 16.9. The first-order chi connectivity index (χ1) is 19.0. The third kappa shape index (κ3) is 6.09. The summed E-state index contributed by atoms with van der Waals surface area (Å²) in [5, 5.41) is 23.3. The fraction of sp³-hybridized carbons (Fsp3) is 0.577. The maximum absolute atomic E-state index is 13.0. The van der Waals surface area contributed by atoms with E-state index in [1.807, 2.05) is 0 Å². The highest BCUT2D eigenvalue weighted by Crippen LogP contribution is 2.46. The number of aliphatic hydroxyl groups is 2. The van der Waals surface area contributed by atoms with Crippen LogP contribution < -0.4 is 10.1 Å². The molecule has 3 heterocycles. The molecule has 0 unspecified atom stereocenters. The van der Waals surface area contributed by atoms with Crippen LogP contribution in [0.4, 0.5) is 0 Å². The van der Waals surface area contributed by atoms with Gasteiger partial charge in [-0.05, 0) is 72.3 Å². The molecule has 1 aromatic heterocycles. The van der Waals surface area contributed by atoms with E-state index in [4.69, 9.17) is 9.47 Å². The van der Waals surface area contributed by atoms with Gasteiger partial charge >= 0.3 is 0 Å². The monoisotopic (exact) mass is 659 g/mol. The Balaban J connectivity index is 1.07. The number of hydrogen-bond donors (Lipinski definition) is 3. The van der Waals surface area contributed by atoms with Crippen molar-refractivity contribution in [3.63, 3.8) is 0 Å². The number of sulfonamides is 1. The molecule has 0 amide bonds. The highest BCUT2D eigenvalue weighted by atomic mass is 79.9. The summed E-state index contributed by atoms with van der Waals surface area (Å²) < 4.78 is 64.5. The summed E-state index contributed by atoms with van der Waals surface area (Å²) in [6.45, 7) is 0.989. The Bertz CT molecular complexity index is 1430. The van der Waals surface area contributed by atoms with Gasteiger partial charge in [-0.1, -0.05) is 6.07 Å². The standard InChI is InChI=1S/C26H34BrN3O8S2/c27-19-10-24(15-28-13-19)40(35,36)30-8-6-25(7-9-30)12-20(16-38-25)29-14-21(32)17-37-22-2-1-3-23(11-22)39(33,34)26(18-31)4-5-26/h1-3,10-11,13,15,20-21,29,31-32H,4-9,12,14,16-18H2/t20-,21-/m0/s1. The maximum atomic E-state index is 13.0. The molecule has 1 spiro atoms. The van der Waals surface area contributed by atoms with Gasteiger partial charge in [0.2, 0.25) is 10.0 Å². The van der Waals surface area contributed by atoms with Crippen molar-refractivity contribution < 1.29 is 36.5 Å². The number of sulfone groups is 1. The number of halogens is 1. The van der Waals surface area contributed by atoms with Crippen LogP contribution in [-0.2, 0) is 24.6 Å². The second-order valence-electron chi connectivity index (χ2n) is 10.8. The molecule has 2 atom stereocenters. The lowest BCUT2D eigenvalue weighted by molar-refractivity contribution is -0.0312. The van der Waals surface area contributed by atoms with Crippen LogP contribution in [0.25, 0.3) is 0 Å². The molecule has 3 aliphatic rings. The van der Waals surface area contributed by atoms with E-state index in [1.165, 1.54) is 22.6 Å². The summed E-state index contributed by atoms with van der Waals surface area (Å²) in [5.74, 6) is 0.331. The van der Waals surface area contributed by atoms with E-state index < -0.39 is 42.9 Å². The van der Waals surface area contributed by atoms with Gasteiger partial charge in [-0.2, -0.15) is 4.31 Å². The van der Waals surface area contributed by atoms with Crippen molar-refractivity contribution in [1.29, 1.82) is 0 Å². The van der Waals surface area contributed by atoms with E-state index >= 15 is 0 Å². The third-order valence-electron chi connectivity index (χ3n) is 8.03.